The second kappa shape index (κ2) is 8.78. The molecule has 0 saturated carbocycles. The first-order valence-electron chi connectivity index (χ1n) is 10.6. The lowest BCUT2D eigenvalue weighted by molar-refractivity contribution is 0.825. The van der Waals surface area contributed by atoms with Crippen LogP contribution in [0.1, 0.15) is 36.4 Å². The van der Waals surface area contributed by atoms with Crippen LogP contribution in [0.25, 0.3) is 22.1 Å². The highest BCUT2D eigenvalue weighted by molar-refractivity contribution is 6.10. The van der Waals surface area contributed by atoms with E-state index in [0.717, 1.165) is 16.8 Å². The smallest absolute Gasteiger partial charge is 0.267 e. The fourth-order valence-electron chi connectivity index (χ4n) is 3.71. The van der Waals surface area contributed by atoms with Crippen molar-refractivity contribution in [3.05, 3.63) is 81.1 Å². The molecule has 9 heteroatoms. The van der Waals surface area contributed by atoms with Crippen molar-refractivity contribution >= 4 is 28.4 Å². The Hall–Kier alpha value is -4.14. The van der Waals surface area contributed by atoms with Gasteiger partial charge in [0.25, 0.3) is 5.56 Å². The van der Waals surface area contributed by atoms with Crippen LogP contribution in [0, 0.1) is 19.8 Å². The predicted octanol–water partition coefficient (Wildman–Crippen LogP) is 3.40. The van der Waals surface area contributed by atoms with Crippen LogP contribution in [0.15, 0.2) is 47.7 Å². The maximum absolute atomic E-state index is 13.6. The van der Waals surface area contributed by atoms with Crippen molar-refractivity contribution in [2.75, 3.05) is 11.1 Å². The maximum Gasteiger partial charge on any atom is 0.267 e. The number of nitrogens with zero attached hydrogens (tertiary/aromatic N) is 6. The molecule has 0 aliphatic heterocycles. The number of hydrogen-bond acceptors (Lipinski definition) is 7. The molecule has 33 heavy (non-hydrogen) atoms. The van der Waals surface area contributed by atoms with Gasteiger partial charge in [0.1, 0.15) is 23.8 Å². The number of hydrogen-bond donors (Lipinski definition) is 2. The van der Waals surface area contributed by atoms with E-state index in [-0.39, 0.29) is 29.6 Å². The summed E-state index contributed by atoms with van der Waals surface area (Å²) in [4.78, 5) is 30.9. The monoisotopic (exact) mass is 441 g/mol. The Morgan fingerprint density at radius 1 is 1.12 bits per heavy atom. The summed E-state index contributed by atoms with van der Waals surface area (Å²) in [6.07, 6.45) is 2.96. The lowest BCUT2D eigenvalue weighted by atomic mass is 10.0. The van der Waals surface area contributed by atoms with E-state index in [1.165, 1.54) is 6.33 Å². The summed E-state index contributed by atoms with van der Waals surface area (Å²) in [6, 6.07) is 9.42. The highest BCUT2D eigenvalue weighted by atomic mass is 16.1. The van der Waals surface area contributed by atoms with Gasteiger partial charge < -0.3 is 16.5 Å². The molecule has 0 amide bonds. The van der Waals surface area contributed by atoms with Gasteiger partial charge in [-0.15, -0.1) is 0 Å². The molecule has 0 atom stereocenters. The molecular formula is C24H25N8O-. The van der Waals surface area contributed by atoms with Gasteiger partial charge in [-0.3, -0.25) is 9.36 Å². The zero-order valence-corrected chi connectivity index (χ0v) is 19.0. The Morgan fingerprint density at radius 2 is 1.88 bits per heavy atom. The third-order valence-corrected chi connectivity index (χ3v) is 5.50. The normalized spacial score (nSPS) is 11.2. The molecule has 9 nitrogen and oxygen atoms in total. The highest BCUT2D eigenvalue weighted by Gasteiger charge is 2.18. The number of rotatable bonds is 6. The van der Waals surface area contributed by atoms with Crippen molar-refractivity contribution in [1.29, 1.82) is 0 Å². The van der Waals surface area contributed by atoms with E-state index in [1.807, 2.05) is 52.0 Å². The third-order valence-electron chi connectivity index (χ3n) is 5.50. The van der Waals surface area contributed by atoms with Crippen LogP contribution in [-0.2, 0) is 6.54 Å². The molecular weight excluding hydrogens is 416 g/mol. The van der Waals surface area contributed by atoms with Gasteiger partial charge in [0, 0.05) is 11.8 Å². The van der Waals surface area contributed by atoms with E-state index in [1.54, 1.807) is 16.8 Å². The Bertz CT molecular complexity index is 1420. The van der Waals surface area contributed by atoms with E-state index in [2.05, 4.69) is 20.3 Å². The molecule has 1 aromatic carbocycles. The summed E-state index contributed by atoms with van der Waals surface area (Å²) < 4.78 is 1.59. The van der Waals surface area contributed by atoms with Crippen molar-refractivity contribution < 1.29 is 0 Å². The number of nitrogens with one attached hydrogen (secondary N) is 1. The fraction of sp³-hybridized carbons (Fsp3) is 0.250. The topological polar surface area (TPSA) is 134 Å². The molecule has 0 saturated heterocycles. The average Bonchev–Trinajstić information content (AvgIpc) is 2.78. The zero-order valence-electron chi connectivity index (χ0n) is 19.0. The largest absolute Gasteiger partial charge is 0.807 e. The van der Waals surface area contributed by atoms with Crippen LogP contribution >= 0.6 is 0 Å². The molecule has 0 spiro atoms. The fourth-order valence-corrected chi connectivity index (χ4v) is 3.71. The van der Waals surface area contributed by atoms with E-state index >= 15 is 0 Å². The van der Waals surface area contributed by atoms with Gasteiger partial charge in [-0.2, -0.15) is 5.71 Å². The van der Waals surface area contributed by atoms with Crippen LogP contribution < -0.4 is 16.6 Å². The summed E-state index contributed by atoms with van der Waals surface area (Å²) in [5.41, 5.74) is 9.10. The number of benzene rings is 1. The lowest BCUT2D eigenvalue weighted by Gasteiger charge is -2.22. The number of para-hydroxylation sites is 1. The SMILES string of the molecule is Cc1ccccc1-n1c(CNc2ncnc(N)c2C(=[N-])C(C)C)nc2nccc(C)c2c1=O. The second-order valence-electron chi connectivity index (χ2n) is 8.16. The van der Waals surface area contributed by atoms with Gasteiger partial charge >= 0.3 is 0 Å². The van der Waals surface area contributed by atoms with Crippen LogP contribution in [0.5, 0.6) is 0 Å². The minimum absolute atomic E-state index is 0.0793. The predicted molar refractivity (Wildman–Crippen MR) is 131 cm³/mol. The van der Waals surface area contributed by atoms with Crippen molar-refractivity contribution in [1.82, 2.24) is 24.5 Å². The van der Waals surface area contributed by atoms with Gasteiger partial charge in [-0.05, 0) is 43.0 Å². The zero-order chi connectivity index (χ0) is 23.7. The van der Waals surface area contributed by atoms with Crippen molar-refractivity contribution in [3.63, 3.8) is 0 Å². The molecule has 0 radical (unpaired) electrons. The van der Waals surface area contributed by atoms with Gasteiger partial charge in [0.05, 0.1) is 17.6 Å². The van der Waals surface area contributed by atoms with Crippen molar-refractivity contribution in [2.45, 2.75) is 34.2 Å². The lowest BCUT2D eigenvalue weighted by Crippen LogP contribution is -2.27. The summed E-state index contributed by atoms with van der Waals surface area (Å²) in [5, 5.41) is 14.2. The van der Waals surface area contributed by atoms with Gasteiger partial charge in [-0.1, -0.05) is 32.0 Å². The number of aromatic nitrogens is 5. The third kappa shape index (κ3) is 4.05. The standard InChI is InChI=1S/C24H25N8O/c1-13(2)20(25)19-21(26)29-12-30-22(19)28-11-17-31-23-18(15(4)9-10-27-23)24(33)32(17)16-8-6-5-7-14(16)3/h5-10,12-13H,11H2,1-4H3,(H3,26,28,29,30)/q-1. The number of anilines is 2. The summed E-state index contributed by atoms with van der Waals surface area (Å²) in [6.45, 7) is 7.65. The molecule has 3 N–H and O–H groups in total. The molecule has 0 unspecified atom stereocenters. The number of pyridine rings is 1. The Labute approximate surface area is 191 Å². The maximum atomic E-state index is 13.6. The van der Waals surface area contributed by atoms with Crippen molar-refractivity contribution in [3.8, 4) is 5.69 Å². The molecule has 0 aliphatic rings. The number of nitrogens with two attached hydrogens (primary N) is 1. The summed E-state index contributed by atoms with van der Waals surface area (Å²) >= 11 is 0. The second-order valence-corrected chi connectivity index (χ2v) is 8.16. The number of fused-ring (bicyclic) bond motifs is 1. The summed E-state index contributed by atoms with van der Waals surface area (Å²) in [7, 11) is 0. The Kier molecular flexibility index (Phi) is 5.87. The molecule has 3 heterocycles. The molecule has 4 aromatic rings. The highest BCUT2D eigenvalue weighted by Crippen LogP contribution is 2.23. The first-order chi connectivity index (χ1) is 15.8. The Morgan fingerprint density at radius 3 is 2.61 bits per heavy atom. The van der Waals surface area contributed by atoms with Crippen LogP contribution in [0.2, 0.25) is 0 Å². The average molecular weight is 442 g/mol. The minimum Gasteiger partial charge on any atom is -0.807 e. The Balaban J connectivity index is 1.87. The van der Waals surface area contributed by atoms with E-state index in [4.69, 9.17) is 10.7 Å². The minimum atomic E-state index is -0.198. The van der Waals surface area contributed by atoms with E-state index in [9.17, 15) is 10.2 Å². The molecule has 4 rings (SSSR count). The molecule has 3 aromatic heterocycles. The quantitative estimate of drug-likeness (QED) is 0.438. The number of nitrogen functional groups attached to an aromatic ring is 1. The molecule has 168 valence electrons. The van der Waals surface area contributed by atoms with Crippen LogP contribution in [0.3, 0.4) is 0 Å². The molecule has 0 aliphatic carbocycles. The van der Waals surface area contributed by atoms with E-state index < -0.39 is 0 Å². The van der Waals surface area contributed by atoms with E-state index in [0.29, 0.717) is 28.2 Å². The molecule has 0 fully saturated rings. The van der Waals surface area contributed by atoms with Gasteiger partial charge in [0.15, 0.2) is 5.65 Å². The van der Waals surface area contributed by atoms with Crippen LogP contribution in [-0.4, -0.2) is 30.2 Å². The van der Waals surface area contributed by atoms with Crippen molar-refractivity contribution in [2.24, 2.45) is 5.92 Å². The summed E-state index contributed by atoms with van der Waals surface area (Å²) in [5.74, 6) is 0.803. The first kappa shape index (κ1) is 22.1. The number of aryl methyl sites for hydroxylation is 2. The van der Waals surface area contributed by atoms with Gasteiger partial charge in [0.2, 0.25) is 0 Å². The van der Waals surface area contributed by atoms with Crippen LogP contribution in [0.4, 0.5) is 11.6 Å². The van der Waals surface area contributed by atoms with Gasteiger partial charge in [-0.25, -0.2) is 19.9 Å². The molecule has 0 bridgehead atoms. The first-order valence-corrected chi connectivity index (χ1v) is 10.6.